The van der Waals surface area contributed by atoms with Crippen LogP contribution in [0.4, 0.5) is 4.79 Å². The second kappa shape index (κ2) is 10.1. The molecule has 0 radical (unpaired) electrons. The summed E-state index contributed by atoms with van der Waals surface area (Å²) in [7, 11) is 0. The highest BCUT2D eigenvalue weighted by Gasteiger charge is 2.23. The maximum absolute atomic E-state index is 12.4. The molecular formula is C22H31N3O4. The lowest BCUT2D eigenvalue weighted by atomic mass is 10.1. The van der Waals surface area contributed by atoms with Gasteiger partial charge in [0.1, 0.15) is 5.60 Å². The van der Waals surface area contributed by atoms with Crippen LogP contribution in [-0.2, 0) is 14.3 Å². The topological polar surface area (TPSA) is 79.0 Å². The van der Waals surface area contributed by atoms with E-state index < -0.39 is 11.7 Å². The molecule has 2 rings (SSSR count). The van der Waals surface area contributed by atoms with Gasteiger partial charge in [-0.05, 0) is 44.9 Å². The van der Waals surface area contributed by atoms with Crippen LogP contribution in [0.15, 0.2) is 30.3 Å². The summed E-state index contributed by atoms with van der Waals surface area (Å²) in [6.07, 6.45) is 3.10. The quantitative estimate of drug-likeness (QED) is 0.769. The van der Waals surface area contributed by atoms with Gasteiger partial charge in [-0.15, -0.1) is 0 Å². The van der Waals surface area contributed by atoms with Crippen LogP contribution in [0.5, 0.6) is 0 Å². The van der Waals surface area contributed by atoms with Crippen LogP contribution in [0, 0.1) is 6.92 Å². The largest absolute Gasteiger partial charge is 0.444 e. The molecule has 0 unspecified atom stereocenters. The third-order valence-electron chi connectivity index (χ3n) is 4.55. The van der Waals surface area contributed by atoms with Crippen molar-refractivity contribution in [2.45, 2.75) is 39.7 Å². The average molecular weight is 402 g/mol. The van der Waals surface area contributed by atoms with Crippen LogP contribution in [0.1, 0.15) is 38.3 Å². The molecule has 29 heavy (non-hydrogen) atoms. The first-order valence-corrected chi connectivity index (χ1v) is 9.93. The zero-order valence-electron chi connectivity index (χ0n) is 17.7. The fourth-order valence-electron chi connectivity index (χ4n) is 2.96. The van der Waals surface area contributed by atoms with Crippen molar-refractivity contribution in [3.8, 4) is 0 Å². The van der Waals surface area contributed by atoms with E-state index in [2.05, 4.69) is 5.32 Å². The van der Waals surface area contributed by atoms with E-state index in [0.717, 1.165) is 11.1 Å². The van der Waals surface area contributed by atoms with Crippen molar-refractivity contribution in [1.29, 1.82) is 0 Å². The molecule has 0 saturated carbocycles. The minimum absolute atomic E-state index is 0.0383. The number of carbonyl (C=O) groups is 3. The van der Waals surface area contributed by atoms with Crippen LogP contribution >= 0.6 is 0 Å². The van der Waals surface area contributed by atoms with Gasteiger partial charge in [0.2, 0.25) is 11.8 Å². The van der Waals surface area contributed by atoms with Gasteiger partial charge in [-0.3, -0.25) is 9.59 Å². The van der Waals surface area contributed by atoms with Crippen LogP contribution < -0.4 is 5.32 Å². The highest BCUT2D eigenvalue weighted by atomic mass is 16.6. The minimum Gasteiger partial charge on any atom is -0.444 e. The van der Waals surface area contributed by atoms with Gasteiger partial charge < -0.3 is 19.9 Å². The number of amides is 3. The van der Waals surface area contributed by atoms with E-state index >= 15 is 0 Å². The Hall–Kier alpha value is -2.83. The SMILES string of the molecule is Cc1ccccc1/C=C/C(=O)N1CCN(C(=O)CCNC(=O)OC(C)(C)C)CC1. The van der Waals surface area contributed by atoms with Crippen LogP contribution in [0.2, 0.25) is 0 Å². The summed E-state index contributed by atoms with van der Waals surface area (Å²) in [6, 6.07) is 7.89. The third kappa shape index (κ3) is 7.60. The van der Waals surface area contributed by atoms with Crippen LogP contribution in [0.3, 0.4) is 0 Å². The van der Waals surface area contributed by atoms with E-state index in [9.17, 15) is 14.4 Å². The number of hydrogen-bond acceptors (Lipinski definition) is 4. The van der Waals surface area contributed by atoms with Gasteiger partial charge in [0.15, 0.2) is 0 Å². The number of ether oxygens (including phenoxy) is 1. The number of benzene rings is 1. The van der Waals surface area contributed by atoms with Crippen molar-refractivity contribution >= 4 is 24.0 Å². The third-order valence-corrected chi connectivity index (χ3v) is 4.55. The standard InChI is InChI=1S/C22H31N3O4/c1-17-7-5-6-8-18(17)9-10-19(26)24-13-15-25(16-14-24)20(27)11-12-23-21(28)29-22(2,3)4/h5-10H,11-16H2,1-4H3,(H,23,28)/b10-9+. The number of aryl methyl sites for hydroxylation is 1. The van der Waals surface area contributed by atoms with E-state index in [1.54, 1.807) is 36.6 Å². The van der Waals surface area contributed by atoms with Crippen LogP contribution in [-0.4, -0.2) is 66.0 Å². The fraction of sp³-hybridized carbons (Fsp3) is 0.500. The number of piperazine rings is 1. The second-order valence-electron chi connectivity index (χ2n) is 8.07. The molecule has 0 spiro atoms. The molecule has 0 aromatic heterocycles. The van der Waals surface area contributed by atoms with E-state index in [0.29, 0.717) is 26.2 Å². The van der Waals surface area contributed by atoms with Crippen molar-refractivity contribution in [3.63, 3.8) is 0 Å². The molecule has 7 heteroatoms. The minimum atomic E-state index is -0.565. The molecule has 3 amide bonds. The molecule has 1 heterocycles. The molecule has 1 aliphatic rings. The number of alkyl carbamates (subject to hydrolysis) is 1. The van der Waals surface area contributed by atoms with Crippen molar-refractivity contribution in [2.24, 2.45) is 0 Å². The first kappa shape index (κ1) is 22.5. The Morgan fingerprint density at radius 1 is 1.07 bits per heavy atom. The van der Waals surface area contributed by atoms with Crippen LogP contribution in [0.25, 0.3) is 6.08 Å². The van der Waals surface area contributed by atoms with Crippen molar-refractivity contribution in [3.05, 3.63) is 41.5 Å². The van der Waals surface area contributed by atoms with Crippen molar-refractivity contribution < 1.29 is 19.1 Å². The predicted octanol–water partition coefficient (Wildman–Crippen LogP) is 2.59. The molecule has 0 aliphatic carbocycles. The highest BCUT2D eigenvalue weighted by molar-refractivity contribution is 5.92. The number of carbonyl (C=O) groups excluding carboxylic acids is 3. The van der Waals surface area contributed by atoms with Crippen molar-refractivity contribution in [2.75, 3.05) is 32.7 Å². The van der Waals surface area contributed by atoms with Gasteiger partial charge in [0, 0.05) is 45.2 Å². The molecule has 1 fully saturated rings. The summed E-state index contributed by atoms with van der Waals surface area (Å²) >= 11 is 0. The summed E-state index contributed by atoms with van der Waals surface area (Å²) in [6.45, 7) is 9.59. The number of nitrogens with one attached hydrogen (secondary N) is 1. The van der Waals surface area contributed by atoms with E-state index in [4.69, 9.17) is 4.74 Å². The molecule has 1 aromatic carbocycles. The maximum Gasteiger partial charge on any atom is 0.407 e. The Balaban J connectivity index is 1.72. The monoisotopic (exact) mass is 401 g/mol. The van der Waals surface area contributed by atoms with Gasteiger partial charge in [-0.25, -0.2) is 4.79 Å². The number of hydrogen-bond donors (Lipinski definition) is 1. The Morgan fingerprint density at radius 3 is 2.31 bits per heavy atom. The van der Waals surface area contributed by atoms with E-state index in [-0.39, 0.29) is 24.8 Å². The molecule has 1 N–H and O–H groups in total. The van der Waals surface area contributed by atoms with Gasteiger partial charge in [-0.1, -0.05) is 24.3 Å². The van der Waals surface area contributed by atoms with Gasteiger partial charge in [0.25, 0.3) is 0 Å². The molecule has 158 valence electrons. The normalized spacial score (nSPS) is 14.8. The van der Waals surface area contributed by atoms with Gasteiger partial charge >= 0.3 is 6.09 Å². The number of rotatable bonds is 5. The smallest absolute Gasteiger partial charge is 0.407 e. The first-order chi connectivity index (χ1) is 13.7. The average Bonchev–Trinajstić information content (AvgIpc) is 2.65. The molecule has 7 nitrogen and oxygen atoms in total. The van der Waals surface area contributed by atoms with Crippen molar-refractivity contribution in [1.82, 2.24) is 15.1 Å². The fourth-order valence-corrected chi connectivity index (χ4v) is 2.96. The first-order valence-electron chi connectivity index (χ1n) is 9.93. The molecule has 1 aromatic rings. The van der Waals surface area contributed by atoms with Gasteiger partial charge in [-0.2, -0.15) is 0 Å². The lowest BCUT2D eigenvalue weighted by molar-refractivity contribution is -0.137. The predicted molar refractivity (Wildman–Crippen MR) is 112 cm³/mol. The zero-order chi connectivity index (χ0) is 21.4. The summed E-state index contributed by atoms with van der Waals surface area (Å²) in [4.78, 5) is 39.8. The molecule has 1 aliphatic heterocycles. The van der Waals surface area contributed by atoms with E-state index in [1.807, 2.05) is 37.3 Å². The Labute approximate surface area is 172 Å². The number of nitrogens with zero attached hydrogens (tertiary/aromatic N) is 2. The lowest BCUT2D eigenvalue weighted by Crippen LogP contribution is -2.50. The zero-order valence-corrected chi connectivity index (χ0v) is 17.7. The second-order valence-corrected chi connectivity index (χ2v) is 8.07. The molecule has 0 atom stereocenters. The summed E-state index contributed by atoms with van der Waals surface area (Å²) < 4.78 is 5.14. The summed E-state index contributed by atoms with van der Waals surface area (Å²) in [5.41, 5.74) is 1.57. The Kier molecular flexibility index (Phi) is 7.82. The Morgan fingerprint density at radius 2 is 1.69 bits per heavy atom. The molecular weight excluding hydrogens is 370 g/mol. The lowest BCUT2D eigenvalue weighted by Gasteiger charge is -2.34. The molecule has 1 saturated heterocycles. The maximum atomic E-state index is 12.4. The van der Waals surface area contributed by atoms with E-state index in [1.165, 1.54) is 0 Å². The summed E-state index contributed by atoms with van der Waals surface area (Å²) in [5.74, 6) is -0.0874. The summed E-state index contributed by atoms with van der Waals surface area (Å²) in [5, 5.41) is 2.59. The van der Waals surface area contributed by atoms with Gasteiger partial charge in [0.05, 0.1) is 0 Å². The Bertz CT molecular complexity index is 760. The highest BCUT2D eigenvalue weighted by Crippen LogP contribution is 2.10. The molecule has 0 bridgehead atoms.